The fraction of sp³-hybridized carbons (Fsp3) is 0.647. The summed E-state index contributed by atoms with van der Waals surface area (Å²) in [6, 6.07) is 3.46. The molecule has 2 atom stereocenters. The van der Waals surface area contributed by atoms with Gasteiger partial charge in [0.2, 0.25) is 9.04 Å². The molecule has 1 aliphatic rings. The zero-order valence-corrected chi connectivity index (χ0v) is 16.7. The first-order valence-electron chi connectivity index (χ1n) is 8.52. The molecule has 1 radical (unpaired) electrons. The maximum Gasteiger partial charge on any atom is 0.407 e. The standard InChI is InChI=1S/C17H29N4O3Si/c1-17(2,3)15(24-25(4)5)13-11-20(8-9-21(13)16(22)23)12-6-7-14(18)19-10-12/h6-7,10,13,15H,8-9,11H2,1-5H3,(H2,18,19)(H,22,23)/t13-,15?/m1/s1. The third-order valence-corrected chi connectivity index (χ3v) is 5.09. The Labute approximate surface area is 151 Å². The molecular formula is C17H29N4O3Si. The summed E-state index contributed by atoms with van der Waals surface area (Å²) in [6.45, 7) is 12.1. The van der Waals surface area contributed by atoms with Gasteiger partial charge in [-0.2, -0.15) is 0 Å². The maximum atomic E-state index is 11.8. The smallest absolute Gasteiger partial charge is 0.407 e. The highest BCUT2D eigenvalue weighted by molar-refractivity contribution is 6.48. The number of pyridine rings is 1. The highest BCUT2D eigenvalue weighted by Crippen LogP contribution is 2.31. The van der Waals surface area contributed by atoms with Crippen LogP contribution in [-0.2, 0) is 4.43 Å². The molecule has 1 fully saturated rings. The Hall–Kier alpha value is -1.80. The SMILES string of the molecule is C[Si](C)OC([C@H]1CN(c2ccc(N)nc2)CCN1C(=O)O)C(C)(C)C. The Kier molecular flexibility index (Phi) is 5.94. The molecule has 1 aromatic heterocycles. The number of nitrogen functional groups attached to an aromatic ring is 1. The summed E-state index contributed by atoms with van der Waals surface area (Å²) in [5, 5.41) is 9.68. The van der Waals surface area contributed by atoms with Crippen LogP contribution in [0.15, 0.2) is 18.3 Å². The summed E-state index contributed by atoms with van der Waals surface area (Å²) in [4.78, 5) is 19.6. The lowest BCUT2D eigenvalue weighted by molar-refractivity contribution is -0.00162. The van der Waals surface area contributed by atoms with Crippen molar-refractivity contribution in [1.29, 1.82) is 0 Å². The summed E-state index contributed by atoms with van der Waals surface area (Å²) >= 11 is 0. The molecule has 1 aromatic rings. The Balaban J connectivity index is 2.30. The summed E-state index contributed by atoms with van der Waals surface area (Å²) < 4.78 is 6.27. The maximum absolute atomic E-state index is 11.8. The Bertz CT molecular complexity index is 589. The van der Waals surface area contributed by atoms with E-state index in [0.717, 1.165) is 5.69 Å². The minimum Gasteiger partial charge on any atom is -0.465 e. The molecule has 8 heteroatoms. The second kappa shape index (κ2) is 7.61. The van der Waals surface area contributed by atoms with Gasteiger partial charge in [-0.3, -0.25) is 4.90 Å². The van der Waals surface area contributed by atoms with Crippen LogP contribution in [0.1, 0.15) is 20.8 Å². The Morgan fingerprint density at radius 1 is 1.40 bits per heavy atom. The highest BCUT2D eigenvalue weighted by atomic mass is 28.3. The first-order valence-corrected chi connectivity index (χ1v) is 10.9. The van der Waals surface area contributed by atoms with Crippen molar-refractivity contribution >= 4 is 26.6 Å². The molecule has 139 valence electrons. The van der Waals surface area contributed by atoms with E-state index >= 15 is 0 Å². The van der Waals surface area contributed by atoms with Crippen LogP contribution in [0.4, 0.5) is 16.3 Å². The lowest BCUT2D eigenvalue weighted by Gasteiger charge is -2.48. The van der Waals surface area contributed by atoms with Crippen molar-refractivity contribution < 1.29 is 14.3 Å². The van der Waals surface area contributed by atoms with Crippen LogP contribution < -0.4 is 10.6 Å². The van der Waals surface area contributed by atoms with E-state index in [0.29, 0.717) is 25.5 Å². The van der Waals surface area contributed by atoms with Crippen LogP contribution >= 0.6 is 0 Å². The second-order valence-corrected chi connectivity index (χ2v) is 9.80. The largest absolute Gasteiger partial charge is 0.465 e. The molecule has 7 nitrogen and oxygen atoms in total. The fourth-order valence-corrected chi connectivity index (χ4v) is 4.23. The average molecular weight is 366 g/mol. The molecule has 0 aromatic carbocycles. The van der Waals surface area contributed by atoms with Gasteiger partial charge < -0.3 is 20.2 Å². The number of anilines is 2. The lowest BCUT2D eigenvalue weighted by atomic mass is 9.83. The van der Waals surface area contributed by atoms with Gasteiger partial charge in [-0.1, -0.05) is 20.8 Å². The molecule has 1 unspecified atom stereocenters. The number of carboxylic acid groups (broad SMARTS) is 1. The molecule has 0 bridgehead atoms. The van der Waals surface area contributed by atoms with Crippen molar-refractivity contribution in [1.82, 2.24) is 9.88 Å². The molecular weight excluding hydrogens is 336 g/mol. The zero-order valence-electron chi connectivity index (χ0n) is 15.7. The summed E-state index contributed by atoms with van der Waals surface area (Å²) in [7, 11) is -0.966. The van der Waals surface area contributed by atoms with Crippen molar-refractivity contribution in [2.45, 2.75) is 46.0 Å². The monoisotopic (exact) mass is 365 g/mol. The molecule has 0 saturated carbocycles. The van der Waals surface area contributed by atoms with E-state index < -0.39 is 15.1 Å². The van der Waals surface area contributed by atoms with E-state index in [-0.39, 0.29) is 17.6 Å². The quantitative estimate of drug-likeness (QED) is 0.797. The normalized spacial score (nSPS) is 20.0. The molecule has 0 aliphatic carbocycles. The second-order valence-electron chi connectivity index (χ2n) is 7.74. The van der Waals surface area contributed by atoms with E-state index in [1.165, 1.54) is 4.90 Å². The number of piperazine rings is 1. The lowest BCUT2D eigenvalue weighted by Crippen LogP contribution is -2.62. The third-order valence-electron chi connectivity index (χ3n) is 4.37. The average Bonchev–Trinajstić information content (AvgIpc) is 2.51. The summed E-state index contributed by atoms with van der Waals surface area (Å²) in [6.07, 6.45) is 0.681. The molecule has 2 rings (SSSR count). The van der Waals surface area contributed by atoms with Gasteiger partial charge in [0.05, 0.1) is 24.0 Å². The van der Waals surface area contributed by atoms with Gasteiger partial charge in [0.1, 0.15) is 5.82 Å². The minimum atomic E-state index is -0.966. The highest BCUT2D eigenvalue weighted by Gasteiger charge is 2.42. The van der Waals surface area contributed by atoms with Crippen molar-refractivity contribution in [3.63, 3.8) is 0 Å². The van der Waals surface area contributed by atoms with Crippen LogP contribution in [0, 0.1) is 5.41 Å². The van der Waals surface area contributed by atoms with Gasteiger partial charge in [-0.15, -0.1) is 0 Å². The molecule has 0 spiro atoms. The van der Waals surface area contributed by atoms with E-state index in [1.807, 2.05) is 6.07 Å². The van der Waals surface area contributed by atoms with Crippen molar-refractivity contribution in [3.05, 3.63) is 18.3 Å². The van der Waals surface area contributed by atoms with Gasteiger partial charge in [0, 0.05) is 19.6 Å². The van der Waals surface area contributed by atoms with Gasteiger partial charge in [0.15, 0.2) is 0 Å². The number of nitrogens with two attached hydrogens (primary N) is 1. The van der Waals surface area contributed by atoms with Crippen LogP contribution in [0.5, 0.6) is 0 Å². The van der Waals surface area contributed by atoms with Gasteiger partial charge in [-0.25, -0.2) is 9.78 Å². The predicted octanol–water partition coefficient (Wildman–Crippen LogP) is 2.51. The summed E-state index contributed by atoms with van der Waals surface area (Å²) in [5.74, 6) is 0.476. The Morgan fingerprint density at radius 3 is 2.56 bits per heavy atom. The van der Waals surface area contributed by atoms with Crippen molar-refractivity contribution in [2.75, 3.05) is 30.3 Å². The van der Waals surface area contributed by atoms with E-state index in [2.05, 4.69) is 43.7 Å². The first kappa shape index (κ1) is 19.5. The number of nitrogens with zero attached hydrogens (tertiary/aromatic N) is 3. The third kappa shape index (κ3) is 4.85. The zero-order chi connectivity index (χ0) is 18.8. The summed E-state index contributed by atoms with van der Waals surface area (Å²) in [5.41, 5.74) is 6.46. The molecule has 1 saturated heterocycles. The van der Waals surface area contributed by atoms with Crippen LogP contribution in [0.2, 0.25) is 13.1 Å². The fourth-order valence-electron chi connectivity index (χ4n) is 3.21. The van der Waals surface area contributed by atoms with Gasteiger partial charge >= 0.3 is 6.09 Å². The van der Waals surface area contributed by atoms with E-state index in [4.69, 9.17) is 10.2 Å². The van der Waals surface area contributed by atoms with Crippen LogP contribution in [0.25, 0.3) is 0 Å². The number of rotatable bonds is 4. The number of aromatic nitrogens is 1. The molecule has 1 amide bonds. The minimum absolute atomic E-state index is 0.164. The van der Waals surface area contributed by atoms with Gasteiger partial charge in [0.25, 0.3) is 0 Å². The number of carbonyl (C=O) groups is 1. The van der Waals surface area contributed by atoms with Crippen molar-refractivity contribution in [3.8, 4) is 0 Å². The van der Waals surface area contributed by atoms with Crippen molar-refractivity contribution in [2.24, 2.45) is 5.41 Å². The van der Waals surface area contributed by atoms with E-state index in [1.54, 1.807) is 12.3 Å². The van der Waals surface area contributed by atoms with E-state index in [9.17, 15) is 9.90 Å². The van der Waals surface area contributed by atoms with Crippen LogP contribution in [-0.4, -0.2) is 61.9 Å². The Morgan fingerprint density at radius 2 is 2.08 bits per heavy atom. The van der Waals surface area contributed by atoms with Gasteiger partial charge in [-0.05, 0) is 30.6 Å². The topological polar surface area (TPSA) is 91.9 Å². The molecule has 3 N–H and O–H groups in total. The number of hydrogen-bond donors (Lipinski definition) is 2. The first-order chi connectivity index (χ1) is 11.6. The molecule has 2 heterocycles. The van der Waals surface area contributed by atoms with Crippen LogP contribution in [0.3, 0.4) is 0 Å². The molecule has 1 aliphatic heterocycles. The number of amides is 1. The molecule has 25 heavy (non-hydrogen) atoms. The number of hydrogen-bond acceptors (Lipinski definition) is 5. The predicted molar refractivity (Wildman–Crippen MR) is 101 cm³/mol.